The van der Waals surface area contributed by atoms with Crippen LogP contribution >= 0.6 is 0 Å². The van der Waals surface area contributed by atoms with Gasteiger partial charge in [-0.05, 0) is 6.92 Å². The Kier molecular flexibility index (Phi) is 6.27. The van der Waals surface area contributed by atoms with Crippen molar-refractivity contribution in [2.24, 2.45) is 0 Å². The maximum absolute atomic E-state index is 10.9. The summed E-state index contributed by atoms with van der Waals surface area (Å²) in [6.45, 7) is 2.67. The summed E-state index contributed by atoms with van der Waals surface area (Å²) in [6.07, 6.45) is 0. The van der Waals surface area contributed by atoms with Gasteiger partial charge < -0.3 is 9.84 Å². The van der Waals surface area contributed by atoms with E-state index in [0.29, 0.717) is 13.2 Å². The average Bonchev–Trinajstić information content (AvgIpc) is 1.98. The molecule has 0 saturated carbocycles. The minimum absolute atomic E-state index is 0.251. The van der Waals surface area contributed by atoms with Crippen LogP contribution in [0.5, 0.6) is 0 Å². The Balaban J connectivity index is 3.48. The lowest BCUT2D eigenvalue weighted by molar-refractivity contribution is 0.153. The maximum Gasteiger partial charge on any atom is 0.213 e. The molecule has 74 valence electrons. The summed E-state index contributed by atoms with van der Waals surface area (Å²) in [5.74, 6) is -0.251. The van der Waals surface area contributed by atoms with Crippen LogP contribution in [0, 0.1) is 0 Å². The number of hydrogen-bond donors (Lipinski definition) is 2. The van der Waals surface area contributed by atoms with Crippen molar-refractivity contribution >= 4 is 10.0 Å². The van der Waals surface area contributed by atoms with Crippen LogP contribution in [0.25, 0.3) is 0 Å². The van der Waals surface area contributed by atoms with Gasteiger partial charge in [0.25, 0.3) is 0 Å². The van der Waals surface area contributed by atoms with Gasteiger partial charge in [0.15, 0.2) is 0 Å². The molecule has 0 aliphatic carbocycles. The van der Waals surface area contributed by atoms with E-state index in [1.807, 2.05) is 6.92 Å². The van der Waals surface area contributed by atoms with Gasteiger partial charge in [-0.15, -0.1) is 0 Å². The van der Waals surface area contributed by atoms with Gasteiger partial charge in [-0.1, -0.05) is 0 Å². The van der Waals surface area contributed by atoms with Crippen molar-refractivity contribution in [1.29, 1.82) is 0 Å². The molecule has 0 bridgehead atoms. The Bertz CT molecular complexity index is 190. The average molecular weight is 197 g/mol. The topological polar surface area (TPSA) is 75.6 Å². The second-order valence-corrected chi connectivity index (χ2v) is 4.06. The van der Waals surface area contributed by atoms with Crippen LogP contribution < -0.4 is 4.72 Å². The minimum atomic E-state index is -3.29. The van der Waals surface area contributed by atoms with Crippen molar-refractivity contribution in [2.75, 3.05) is 32.1 Å². The number of aliphatic hydroxyl groups excluding tert-OH is 1. The molecular formula is C6H15NO4S. The molecule has 0 rings (SSSR count). The van der Waals surface area contributed by atoms with E-state index >= 15 is 0 Å². The highest BCUT2D eigenvalue weighted by Gasteiger charge is 2.06. The summed E-state index contributed by atoms with van der Waals surface area (Å²) in [5.41, 5.74) is 0. The van der Waals surface area contributed by atoms with Crippen molar-refractivity contribution in [3.63, 3.8) is 0 Å². The van der Waals surface area contributed by atoms with Crippen molar-refractivity contribution in [3.05, 3.63) is 0 Å². The molecule has 0 amide bonds. The summed E-state index contributed by atoms with van der Waals surface area (Å²) < 4.78 is 28.9. The summed E-state index contributed by atoms with van der Waals surface area (Å²) in [4.78, 5) is 0. The van der Waals surface area contributed by atoms with E-state index in [-0.39, 0.29) is 18.9 Å². The zero-order valence-electron chi connectivity index (χ0n) is 7.12. The first kappa shape index (κ1) is 11.8. The molecule has 2 N–H and O–H groups in total. The van der Waals surface area contributed by atoms with Gasteiger partial charge >= 0.3 is 0 Å². The van der Waals surface area contributed by atoms with E-state index in [4.69, 9.17) is 9.84 Å². The summed E-state index contributed by atoms with van der Waals surface area (Å²) in [5, 5.41) is 8.35. The number of sulfonamides is 1. The van der Waals surface area contributed by atoms with Crippen LogP contribution in [0.15, 0.2) is 0 Å². The van der Waals surface area contributed by atoms with E-state index in [1.54, 1.807) is 0 Å². The van der Waals surface area contributed by atoms with Crippen molar-refractivity contribution < 1.29 is 18.3 Å². The lowest BCUT2D eigenvalue weighted by atomic mass is 10.7. The SMILES string of the molecule is CCOCCNS(=O)(=O)CCO. The summed E-state index contributed by atoms with van der Waals surface area (Å²) in [7, 11) is -3.29. The predicted octanol–water partition coefficient (Wildman–Crippen LogP) is -1.07. The fourth-order valence-corrected chi connectivity index (χ4v) is 1.39. The number of hydrogen-bond acceptors (Lipinski definition) is 4. The molecule has 0 aromatic rings. The van der Waals surface area contributed by atoms with Crippen LogP contribution in [0.2, 0.25) is 0 Å². The van der Waals surface area contributed by atoms with Gasteiger partial charge in [-0.25, -0.2) is 13.1 Å². The third kappa shape index (κ3) is 6.53. The standard InChI is InChI=1S/C6H15NO4S/c1-2-11-5-3-7-12(9,10)6-4-8/h7-8H,2-6H2,1H3. The predicted molar refractivity (Wildman–Crippen MR) is 45.4 cm³/mol. The molecule has 0 fully saturated rings. The highest BCUT2D eigenvalue weighted by atomic mass is 32.2. The van der Waals surface area contributed by atoms with E-state index in [2.05, 4.69) is 4.72 Å². The monoisotopic (exact) mass is 197 g/mol. The molecule has 0 heterocycles. The van der Waals surface area contributed by atoms with E-state index in [9.17, 15) is 8.42 Å². The quantitative estimate of drug-likeness (QED) is 0.510. The molecule has 0 atom stereocenters. The lowest BCUT2D eigenvalue weighted by Gasteiger charge is -2.04. The number of aliphatic hydroxyl groups is 1. The third-order valence-electron chi connectivity index (χ3n) is 1.13. The van der Waals surface area contributed by atoms with Crippen LogP contribution in [0.4, 0.5) is 0 Å². The number of ether oxygens (including phenoxy) is 1. The first-order valence-corrected chi connectivity index (χ1v) is 5.43. The molecule has 6 heteroatoms. The van der Waals surface area contributed by atoms with E-state index in [1.165, 1.54) is 0 Å². The highest BCUT2D eigenvalue weighted by Crippen LogP contribution is 1.81. The molecule has 0 aliphatic heterocycles. The normalized spacial score (nSPS) is 11.8. The van der Waals surface area contributed by atoms with Gasteiger partial charge in [0, 0.05) is 13.2 Å². The Labute approximate surface area is 72.8 Å². The Morgan fingerprint density at radius 1 is 1.50 bits per heavy atom. The minimum Gasteiger partial charge on any atom is -0.395 e. The van der Waals surface area contributed by atoms with Crippen LogP contribution in [-0.2, 0) is 14.8 Å². The molecule has 0 radical (unpaired) electrons. The lowest BCUT2D eigenvalue weighted by Crippen LogP contribution is -2.30. The zero-order valence-corrected chi connectivity index (χ0v) is 7.93. The van der Waals surface area contributed by atoms with Crippen LogP contribution in [-0.4, -0.2) is 45.6 Å². The highest BCUT2D eigenvalue weighted by molar-refractivity contribution is 7.89. The molecular weight excluding hydrogens is 182 g/mol. The van der Waals surface area contributed by atoms with Gasteiger partial charge in [-0.2, -0.15) is 0 Å². The molecule has 12 heavy (non-hydrogen) atoms. The van der Waals surface area contributed by atoms with Crippen LogP contribution in [0.1, 0.15) is 6.92 Å². The van der Waals surface area contributed by atoms with Crippen molar-refractivity contribution in [1.82, 2.24) is 4.72 Å². The van der Waals surface area contributed by atoms with Crippen molar-refractivity contribution in [3.8, 4) is 0 Å². The molecule has 0 saturated heterocycles. The first-order chi connectivity index (χ1) is 5.62. The van der Waals surface area contributed by atoms with E-state index < -0.39 is 10.0 Å². The fraction of sp³-hybridized carbons (Fsp3) is 1.00. The Morgan fingerprint density at radius 2 is 2.17 bits per heavy atom. The fourth-order valence-electron chi connectivity index (χ4n) is 0.606. The Hall–Kier alpha value is -0.170. The summed E-state index contributed by atoms with van der Waals surface area (Å²) in [6, 6.07) is 0. The smallest absolute Gasteiger partial charge is 0.213 e. The molecule has 0 spiro atoms. The van der Waals surface area contributed by atoms with Gasteiger partial charge in [0.05, 0.1) is 19.0 Å². The van der Waals surface area contributed by atoms with Crippen molar-refractivity contribution in [2.45, 2.75) is 6.92 Å². The van der Waals surface area contributed by atoms with Crippen LogP contribution in [0.3, 0.4) is 0 Å². The van der Waals surface area contributed by atoms with Gasteiger partial charge in [0.2, 0.25) is 10.0 Å². The maximum atomic E-state index is 10.9. The largest absolute Gasteiger partial charge is 0.395 e. The molecule has 0 aliphatic rings. The second-order valence-electron chi connectivity index (χ2n) is 2.13. The van der Waals surface area contributed by atoms with Gasteiger partial charge in [0.1, 0.15) is 0 Å². The second kappa shape index (κ2) is 6.36. The number of rotatable bonds is 7. The number of nitrogens with one attached hydrogen (secondary N) is 1. The molecule has 5 nitrogen and oxygen atoms in total. The Morgan fingerprint density at radius 3 is 2.67 bits per heavy atom. The first-order valence-electron chi connectivity index (χ1n) is 3.78. The molecule has 0 unspecified atom stereocenters. The van der Waals surface area contributed by atoms with E-state index in [0.717, 1.165) is 0 Å². The van der Waals surface area contributed by atoms with Gasteiger partial charge in [-0.3, -0.25) is 0 Å². The third-order valence-corrected chi connectivity index (χ3v) is 2.50. The molecule has 0 aromatic carbocycles. The zero-order chi connectivity index (χ0) is 9.45. The molecule has 0 aromatic heterocycles. The summed E-state index contributed by atoms with van der Waals surface area (Å²) >= 11 is 0.